The van der Waals surface area contributed by atoms with E-state index in [-0.39, 0.29) is 17.5 Å². The molecule has 1 aliphatic heterocycles. The van der Waals surface area contributed by atoms with Crippen molar-refractivity contribution in [1.82, 2.24) is 10.2 Å². The monoisotopic (exact) mass is 477 g/mol. The topological polar surface area (TPSA) is 62.8 Å². The third-order valence-corrected chi connectivity index (χ3v) is 7.29. The standard InChI is InChI=1S/C25H30F3N3O3/c1-31-13-12-24(17-6-9-20(33-2)21(14-17)34-3)11-10-19(15-22(24)31)30-23(32)29-18-7-4-16(5-8-18)25(26,27)28/h4-9,14,19,22H,10-13,15H2,1-3H3,(H2,29,30,32). The molecule has 6 nitrogen and oxygen atoms in total. The van der Waals surface area contributed by atoms with Crippen molar-refractivity contribution in [3.8, 4) is 11.5 Å². The lowest BCUT2D eigenvalue weighted by atomic mass is 9.65. The van der Waals surface area contributed by atoms with E-state index < -0.39 is 17.8 Å². The van der Waals surface area contributed by atoms with Gasteiger partial charge in [-0.05, 0) is 81.2 Å². The molecule has 2 amide bonds. The van der Waals surface area contributed by atoms with Crippen LogP contribution in [0.2, 0.25) is 0 Å². The molecule has 2 aliphatic rings. The lowest BCUT2D eigenvalue weighted by Crippen LogP contribution is -2.52. The molecule has 4 rings (SSSR count). The number of methoxy groups -OCH3 is 2. The zero-order chi connectivity index (χ0) is 24.5. The molecule has 34 heavy (non-hydrogen) atoms. The number of carbonyl (C=O) groups excluding carboxylic acids is 1. The molecule has 9 heteroatoms. The van der Waals surface area contributed by atoms with Gasteiger partial charge in [-0.1, -0.05) is 6.07 Å². The Morgan fingerprint density at radius 1 is 1.06 bits per heavy atom. The number of ether oxygens (including phenoxy) is 2. The number of halogens is 3. The molecule has 1 saturated carbocycles. The predicted octanol–water partition coefficient (Wildman–Crippen LogP) is 5.04. The summed E-state index contributed by atoms with van der Waals surface area (Å²) in [7, 11) is 5.36. The minimum Gasteiger partial charge on any atom is -0.493 e. The van der Waals surface area contributed by atoms with Crippen molar-refractivity contribution >= 4 is 11.7 Å². The van der Waals surface area contributed by atoms with E-state index in [0.717, 1.165) is 44.4 Å². The Balaban J connectivity index is 1.43. The number of likely N-dealkylation sites (tertiary alicyclic amines) is 1. The van der Waals surface area contributed by atoms with E-state index in [2.05, 4.69) is 34.7 Å². The quantitative estimate of drug-likeness (QED) is 0.634. The predicted molar refractivity (Wildman–Crippen MR) is 123 cm³/mol. The van der Waals surface area contributed by atoms with E-state index in [1.807, 2.05) is 6.07 Å². The van der Waals surface area contributed by atoms with E-state index in [1.165, 1.54) is 17.7 Å². The van der Waals surface area contributed by atoms with Crippen LogP contribution >= 0.6 is 0 Å². The highest BCUT2D eigenvalue weighted by Crippen LogP contribution is 2.49. The van der Waals surface area contributed by atoms with Crippen LogP contribution < -0.4 is 20.1 Å². The number of nitrogens with one attached hydrogen (secondary N) is 2. The van der Waals surface area contributed by atoms with Crippen LogP contribution in [0.5, 0.6) is 11.5 Å². The SMILES string of the molecule is COc1ccc(C23CCC(NC(=O)Nc4ccc(C(F)(F)F)cc4)CC2N(C)CC3)cc1OC. The minimum atomic E-state index is -4.41. The maximum atomic E-state index is 12.7. The third-order valence-electron chi connectivity index (χ3n) is 7.29. The van der Waals surface area contributed by atoms with E-state index in [4.69, 9.17) is 9.47 Å². The van der Waals surface area contributed by atoms with Gasteiger partial charge in [-0.2, -0.15) is 13.2 Å². The first-order valence-electron chi connectivity index (χ1n) is 11.3. The van der Waals surface area contributed by atoms with Crippen LogP contribution in [-0.4, -0.2) is 50.8 Å². The summed E-state index contributed by atoms with van der Waals surface area (Å²) in [6.45, 7) is 0.962. The molecule has 2 N–H and O–H groups in total. The lowest BCUT2D eigenvalue weighted by Gasteiger charge is -2.45. The largest absolute Gasteiger partial charge is 0.493 e. The van der Waals surface area contributed by atoms with Crippen LogP contribution in [0.25, 0.3) is 0 Å². The molecule has 0 spiro atoms. The van der Waals surface area contributed by atoms with Gasteiger partial charge in [0.05, 0.1) is 19.8 Å². The van der Waals surface area contributed by atoms with Gasteiger partial charge in [0.1, 0.15) is 0 Å². The highest BCUT2D eigenvalue weighted by Gasteiger charge is 2.50. The number of nitrogens with zero attached hydrogens (tertiary/aromatic N) is 1. The average molecular weight is 478 g/mol. The smallest absolute Gasteiger partial charge is 0.416 e. The molecular weight excluding hydrogens is 447 g/mol. The van der Waals surface area contributed by atoms with E-state index in [9.17, 15) is 18.0 Å². The van der Waals surface area contributed by atoms with Crippen LogP contribution in [0.3, 0.4) is 0 Å². The van der Waals surface area contributed by atoms with Crippen LogP contribution in [0.1, 0.15) is 36.8 Å². The zero-order valence-corrected chi connectivity index (χ0v) is 19.5. The number of rotatable bonds is 5. The van der Waals surface area contributed by atoms with Gasteiger partial charge in [-0.15, -0.1) is 0 Å². The molecular formula is C25H30F3N3O3. The number of carbonyl (C=O) groups is 1. The van der Waals surface area contributed by atoms with Crippen molar-refractivity contribution in [3.05, 3.63) is 53.6 Å². The number of hydrogen-bond donors (Lipinski definition) is 2. The van der Waals surface area contributed by atoms with Crippen molar-refractivity contribution in [2.45, 2.75) is 49.4 Å². The first-order valence-corrected chi connectivity index (χ1v) is 11.3. The van der Waals surface area contributed by atoms with Crippen LogP contribution in [-0.2, 0) is 11.6 Å². The Kier molecular flexibility index (Phi) is 6.66. The van der Waals surface area contributed by atoms with Crippen LogP contribution in [0.15, 0.2) is 42.5 Å². The summed E-state index contributed by atoms with van der Waals surface area (Å²) in [5.74, 6) is 1.40. The van der Waals surface area contributed by atoms with Gasteiger partial charge < -0.3 is 25.0 Å². The van der Waals surface area contributed by atoms with Gasteiger partial charge in [0.2, 0.25) is 0 Å². The second kappa shape index (κ2) is 9.37. The Morgan fingerprint density at radius 2 is 1.76 bits per heavy atom. The number of likely N-dealkylation sites (N-methyl/N-ethyl adjacent to an activating group) is 1. The van der Waals surface area contributed by atoms with Gasteiger partial charge in [0.25, 0.3) is 0 Å². The second-order valence-corrected chi connectivity index (χ2v) is 9.12. The molecule has 1 saturated heterocycles. The third kappa shape index (κ3) is 4.66. The summed E-state index contributed by atoms with van der Waals surface area (Å²) in [6.07, 6.45) is -0.891. The first-order chi connectivity index (χ1) is 16.2. The molecule has 0 radical (unpaired) electrons. The molecule has 2 fully saturated rings. The molecule has 0 aromatic heterocycles. The number of anilines is 1. The van der Waals surface area contributed by atoms with Crippen molar-refractivity contribution in [2.24, 2.45) is 0 Å². The number of amides is 2. The molecule has 1 heterocycles. The van der Waals surface area contributed by atoms with Gasteiger partial charge in [0, 0.05) is 23.2 Å². The van der Waals surface area contributed by atoms with Gasteiger partial charge in [-0.25, -0.2) is 4.79 Å². The summed E-state index contributed by atoms with van der Waals surface area (Å²) >= 11 is 0. The Labute approximate surface area is 197 Å². The Bertz CT molecular complexity index is 1030. The summed E-state index contributed by atoms with van der Waals surface area (Å²) in [4.78, 5) is 14.9. The van der Waals surface area contributed by atoms with Gasteiger partial charge in [-0.3, -0.25) is 0 Å². The van der Waals surface area contributed by atoms with E-state index in [1.54, 1.807) is 14.2 Å². The summed E-state index contributed by atoms with van der Waals surface area (Å²) in [5, 5.41) is 5.66. The number of hydrogen-bond acceptors (Lipinski definition) is 4. The van der Waals surface area contributed by atoms with E-state index in [0.29, 0.717) is 17.2 Å². The zero-order valence-electron chi connectivity index (χ0n) is 19.5. The lowest BCUT2D eigenvalue weighted by molar-refractivity contribution is -0.137. The molecule has 2 aromatic rings. The van der Waals surface area contributed by atoms with E-state index >= 15 is 0 Å². The molecule has 1 aliphatic carbocycles. The molecule has 3 unspecified atom stereocenters. The highest BCUT2D eigenvalue weighted by atomic mass is 19.4. The van der Waals surface area contributed by atoms with Crippen LogP contribution in [0.4, 0.5) is 23.7 Å². The maximum Gasteiger partial charge on any atom is 0.416 e. The Morgan fingerprint density at radius 3 is 2.41 bits per heavy atom. The molecule has 2 aromatic carbocycles. The molecule has 3 atom stereocenters. The maximum absolute atomic E-state index is 12.7. The fraction of sp³-hybridized carbons (Fsp3) is 0.480. The fourth-order valence-corrected chi connectivity index (χ4v) is 5.49. The summed E-state index contributed by atoms with van der Waals surface area (Å²) in [6, 6.07) is 10.4. The van der Waals surface area contributed by atoms with Crippen molar-refractivity contribution in [3.63, 3.8) is 0 Å². The molecule has 184 valence electrons. The number of alkyl halides is 3. The first kappa shape index (κ1) is 24.2. The number of benzene rings is 2. The van der Waals surface area contributed by atoms with Gasteiger partial charge >= 0.3 is 12.2 Å². The summed E-state index contributed by atoms with van der Waals surface area (Å²) in [5.41, 5.74) is 0.753. The van der Waals surface area contributed by atoms with Crippen molar-refractivity contribution in [2.75, 3.05) is 33.1 Å². The average Bonchev–Trinajstić information content (AvgIpc) is 3.15. The Hall–Kier alpha value is -2.94. The number of fused-ring (bicyclic) bond motifs is 1. The summed E-state index contributed by atoms with van der Waals surface area (Å²) < 4.78 is 49.2. The number of urea groups is 1. The van der Waals surface area contributed by atoms with Crippen molar-refractivity contribution in [1.29, 1.82) is 0 Å². The van der Waals surface area contributed by atoms with Gasteiger partial charge in [0.15, 0.2) is 11.5 Å². The second-order valence-electron chi connectivity index (χ2n) is 9.12. The highest BCUT2D eigenvalue weighted by molar-refractivity contribution is 5.89. The minimum absolute atomic E-state index is 0.0314. The normalized spacial score (nSPS) is 24.9. The van der Waals surface area contributed by atoms with Crippen molar-refractivity contribution < 1.29 is 27.4 Å². The van der Waals surface area contributed by atoms with Crippen LogP contribution in [0, 0.1) is 0 Å². The fourth-order valence-electron chi connectivity index (χ4n) is 5.49. The molecule has 0 bridgehead atoms.